The highest BCUT2D eigenvalue weighted by molar-refractivity contribution is 6.31. The minimum Gasteiger partial charge on any atom is -0.456 e. The minimum absolute atomic E-state index is 0.598. The van der Waals surface area contributed by atoms with Gasteiger partial charge in [0.2, 0.25) is 0 Å². The van der Waals surface area contributed by atoms with E-state index in [0.29, 0.717) is 11.8 Å². The smallest absolute Gasteiger partial charge is 0.135 e. The summed E-state index contributed by atoms with van der Waals surface area (Å²) in [6, 6.07) is 10.4. The van der Waals surface area contributed by atoms with Gasteiger partial charge in [-0.15, -0.1) is 0 Å². The third kappa shape index (κ3) is 1.21. The zero-order chi connectivity index (χ0) is 12.6. The lowest BCUT2D eigenvalue weighted by Crippen LogP contribution is -1.91. The molecule has 0 spiro atoms. The van der Waals surface area contributed by atoms with Gasteiger partial charge in [0.1, 0.15) is 11.2 Å². The maximum absolute atomic E-state index is 6.10. The van der Waals surface area contributed by atoms with Crippen molar-refractivity contribution in [2.24, 2.45) is 0 Å². The van der Waals surface area contributed by atoms with E-state index in [1.54, 1.807) is 0 Å². The van der Waals surface area contributed by atoms with Gasteiger partial charge in [0.15, 0.2) is 0 Å². The van der Waals surface area contributed by atoms with Crippen molar-refractivity contribution in [3.05, 3.63) is 58.6 Å². The highest BCUT2D eigenvalue weighted by Gasteiger charge is 2.33. The van der Waals surface area contributed by atoms with E-state index in [-0.39, 0.29) is 0 Å². The van der Waals surface area contributed by atoms with Crippen LogP contribution in [-0.2, 0) is 0 Å². The molecule has 2 unspecified atom stereocenters. The average Bonchev–Trinajstić information content (AvgIpc) is 3.08. The Morgan fingerprint density at radius 3 is 2.47 bits per heavy atom. The molecule has 0 fully saturated rings. The van der Waals surface area contributed by atoms with Crippen LogP contribution in [0.5, 0.6) is 0 Å². The Balaban J connectivity index is 1.92. The number of fused-ring (bicyclic) bond motifs is 8. The summed E-state index contributed by atoms with van der Waals surface area (Å²) < 4.78 is 5.96. The summed E-state index contributed by atoms with van der Waals surface area (Å²) in [6.07, 6.45) is 5.91. The maximum Gasteiger partial charge on any atom is 0.135 e. The predicted molar refractivity (Wildman–Crippen MR) is 78.0 cm³/mol. The molecule has 1 nitrogen and oxygen atoms in total. The quantitative estimate of drug-likeness (QED) is 0.498. The molecule has 0 N–H and O–H groups in total. The van der Waals surface area contributed by atoms with Crippen LogP contribution in [-0.4, -0.2) is 0 Å². The second-order valence-electron chi connectivity index (χ2n) is 5.55. The van der Waals surface area contributed by atoms with Gasteiger partial charge in [0, 0.05) is 27.6 Å². The standard InChI is InChI=1S/C17H11ClO/c18-11-3-4-16-14(6-11)15-7-12-9-1-2-10(5-9)13(12)8-17(15)19-16/h1-4,6-10H,5H2. The van der Waals surface area contributed by atoms with E-state index < -0.39 is 0 Å². The van der Waals surface area contributed by atoms with Crippen molar-refractivity contribution in [1.82, 2.24) is 0 Å². The lowest BCUT2D eigenvalue weighted by Gasteiger charge is -2.09. The molecule has 2 aliphatic rings. The van der Waals surface area contributed by atoms with Gasteiger partial charge in [-0.2, -0.15) is 0 Å². The zero-order valence-corrected chi connectivity index (χ0v) is 10.9. The first kappa shape index (κ1) is 10.1. The van der Waals surface area contributed by atoms with E-state index in [1.807, 2.05) is 18.2 Å². The van der Waals surface area contributed by atoms with Crippen molar-refractivity contribution >= 4 is 33.5 Å². The van der Waals surface area contributed by atoms with Gasteiger partial charge in [-0.1, -0.05) is 23.8 Å². The molecule has 0 radical (unpaired) electrons. The Morgan fingerprint density at radius 1 is 0.895 bits per heavy atom. The summed E-state index contributed by atoms with van der Waals surface area (Å²) in [5.41, 5.74) is 4.83. The zero-order valence-electron chi connectivity index (χ0n) is 10.2. The van der Waals surface area contributed by atoms with Gasteiger partial charge in [0.05, 0.1) is 0 Å². The van der Waals surface area contributed by atoms with Crippen molar-refractivity contribution in [1.29, 1.82) is 0 Å². The average molecular weight is 267 g/mol. The molecule has 5 rings (SSSR count). The molecule has 2 heteroatoms. The molecule has 92 valence electrons. The predicted octanol–water partition coefficient (Wildman–Crippen LogP) is 5.38. The van der Waals surface area contributed by atoms with Crippen molar-refractivity contribution in [2.45, 2.75) is 18.3 Å². The van der Waals surface area contributed by atoms with Crippen LogP contribution >= 0.6 is 11.6 Å². The molecule has 1 aromatic heterocycles. The Bertz CT molecular complexity index is 872. The molecule has 0 aliphatic heterocycles. The third-order valence-electron chi connectivity index (χ3n) is 4.52. The van der Waals surface area contributed by atoms with Gasteiger partial charge in [-0.3, -0.25) is 0 Å². The van der Waals surface area contributed by atoms with Crippen molar-refractivity contribution in [3.63, 3.8) is 0 Å². The van der Waals surface area contributed by atoms with Gasteiger partial charge in [0.25, 0.3) is 0 Å². The van der Waals surface area contributed by atoms with E-state index in [0.717, 1.165) is 21.6 Å². The molecule has 2 atom stereocenters. The van der Waals surface area contributed by atoms with Crippen LogP contribution < -0.4 is 0 Å². The number of hydrogen-bond acceptors (Lipinski definition) is 1. The van der Waals surface area contributed by atoms with Crippen molar-refractivity contribution in [2.75, 3.05) is 0 Å². The summed E-state index contributed by atoms with van der Waals surface area (Å²) in [5, 5.41) is 3.08. The number of furan rings is 1. The molecule has 2 aromatic carbocycles. The first-order valence-electron chi connectivity index (χ1n) is 6.63. The number of benzene rings is 2. The number of halogens is 1. The highest BCUT2D eigenvalue weighted by Crippen LogP contribution is 2.50. The van der Waals surface area contributed by atoms with E-state index in [1.165, 1.54) is 22.9 Å². The molecular weight excluding hydrogens is 256 g/mol. The number of allylic oxidation sites excluding steroid dienone is 2. The summed E-state index contributed by atoms with van der Waals surface area (Å²) in [4.78, 5) is 0. The molecule has 0 saturated heterocycles. The topological polar surface area (TPSA) is 13.1 Å². The maximum atomic E-state index is 6.10. The Labute approximate surface area is 115 Å². The Hall–Kier alpha value is -1.73. The molecule has 19 heavy (non-hydrogen) atoms. The third-order valence-corrected chi connectivity index (χ3v) is 4.75. The van der Waals surface area contributed by atoms with Crippen LogP contribution in [0.15, 0.2) is 46.9 Å². The van der Waals surface area contributed by atoms with Crippen molar-refractivity contribution < 1.29 is 4.42 Å². The molecule has 0 saturated carbocycles. The summed E-state index contributed by atoms with van der Waals surface area (Å²) in [6.45, 7) is 0. The summed E-state index contributed by atoms with van der Waals surface area (Å²) >= 11 is 6.10. The van der Waals surface area contributed by atoms with Crippen LogP contribution in [0.3, 0.4) is 0 Å². The van der Waals surface area contributed by atoms with Crippen LogP contribution in [0.2, 0.25) is 5.02 Å². The second-order valence-corrected chi connectivity index (χ2v) is 5.99. The normalized spacial score (nSPS) is 23.6. The fourth-order valence-corrected chi connectivity index (χ4v) is 3.80. The van der Waals surface area contributed by atoms with Crippen LogP contribution in [0.1, 0.15) is 29.4 Å². The lowest BCUT2D eigenvalue weighted by atomic mass is 9.95. The van der Waals surface area contributed by atoms with Gasteiger partial charge in [-0.05, 0) is 47.9 Å². The highest BCUT2D eigenvalue weighted by atomic mass is 35.5. The molecule has 3 aromatic rings. The van der Waals surface area contributed by atoms with E-state index in [2.05, 4.69) is 24.3 Å². The SMILES string of the molecule is Clc1ccc2oc3cc4c(cc3c2c1)C1C=CC4C1. The molecule has 2 bridgehead atoms. The van der Waals surface area contributed by atoms with E-state index in [9.17, 15) is 0 Å². The van der Waals surface area contributed by atoms with Gasteiger partial charge < -0.3 is 4.42 Å². The fourth-order valence-electron chi connectivity index (χ4n) is 3.63. The number of rotatable bonds is 0. The lowest BCUT2D eigenvalue weighted by molar-refractivity contribution is 0.668. The summed E-state index contributed by atoms with van der Waals surface area (Å²) in [5.74, 6) is 1.20. The van der Waals surface area contributed by atoms with Gasteiger partial charge >= 0.3 is 0 Å². The van der Waals surface area contributed by atoms with E-state index >= 15 is 0 Å². The molecule has 0 amide bonds. The minimum atomic E-state index is 0.598. The van der Waals surface area contributed by atoms with Gasteiger partial charge in [-0.25, -0.2) is 0 Å². The largest absolute Gasteiger partial charge is 0.456 e. The molecular formula is C17H11ClO. The Morgan fingerprint density at radius 2 is 1.63 bits per heavy atom. The first-order chi connectivity index (χ1) is 9.29. The van der Waals surface area contributed by atoms with Crippen LogP contribution in [0.4, 0.5) is 0 Å². The number of hydrogen-bond donors (Lipinski definition) is 0. The van der Waals surface area contributed by atoms with E-state index in [4.69, 9.17) is 16.0 Å². The van der Waals surface area contributed by atoms with Crippen LogP contribution in [0.25, 0.3) is 21.9 Å². The summed E-state index contributed by atoms with van der Waals surface area (Å²) in [7, 11) is 0. The monoisotopic (exact) mass is 266 g/mol. The van der Waals surface area contributed by atoms with Crippen molar-refractivity contribution in [3.8, 4) is 0 Å². The van der Waals surface area contributed by atoms with Crippen LogP contribution in [0, 0.1) is 0 Å². The molecule has 2 aliphatic carbocycles. The first-order valence-corrected chi connectivity index (χ1v) is 7.01. The second kappa shape index (κ2) is 3.23. The Kier molecular flexibility index (Phi) is 1.72. The fraction of sp³-hybridized carbons (Fsp3) is 0.176. The molecule has 1 heterocycles.